The van der Waals surface area contributed by atoms with E-state index in [-0.39, 0.29) is 5.91 Å². The lowest BCUT2D eigenvalue weighted by Gasteiger charge is -2.34. The van der Waals surface area contributed by atoms with E-state index in [1.54, 1.807) is 14.0 Å². The molecule has 1 aliphatic rings. The lowest BCUT2D eigenvalue weighted by Crippen LogP contribution is -2.49. The predicted molar refractivity (Wildman–Crippen MR) is 97.1 cm³/mol. The largest absolute Gasteiger partial charge is 0.497 e. The van der Waals surface area contributed by atoms with Crippen molar-refractivity contribution >= 4 is 5.91 Å². The number of benzene rings is 1. The average Bonchev–Trinajstić information content (AvgIpc) is 3.10. The van der Waals surface area contributed by atoms with Crippen LogP contribution in [0, 0.1) is 6.92 Å². The number of piperazine rings is 1. The van der Waals surface area contributed by atoms with E-state index < -0.39 is 0 Å². The predicted octanol–water partition coefficient (Wildman–Crippen LogP) is 1.71. The van der Waals surface area contributed by atoms with Crippen LogP contribution in [-0.2, 0) is 17.6 Å². The third kappa shape index (κ3) is 5.05. The first-order valence-corrected chi connectivity index (χ1v) is 9.06. The molecule has 1 saturated heterocycles. The van der Waals surface area contributed by atoms with E-state index in [0.29, 0.717) is 18.2 Å². The number of ether oxygens (including phenoxy) is 1. The summed E-state index contributed by atoms with van der Waals surface area (Å²) < 4.78 is 10.6. The molecule has 3 rings (SSSR count). The number of rotatable bonds is 7. The van der Waals surface area contributed by atoms with E-state index in [2.05, 4.69) is 15.1 Å². The van der Waals surface area contributed by atoms with Crippen LogP contribution in [0.3, 0.4) is 0 Å². The number of amides is 1. The molecule has 26 heavy (non-hydrogen) atoms. The van der Waals surface area contributed by atoms with E-state index in [0.717, 1.165) is 56.9 Å². The molecule has 2 heterocycles. The van der Waals surface area contributed by atoms with Crippen LogP contribution in [-0.4, -0.2) is 65.7 Å². The molecule has 0 aliphatic carbocycles. The van der Waals surface area contributed by atoms with Crippen LogP contribution in [0.15, 0.2) is 28.7 Å². The molecule has 0 atom stereocenters. The second-order valence-corrected chi connectivity index (χ2v) is 6.54. The normalized spacial score (nSPS) is 15.2. The molecule has 0 bridgehead atoms. The highest BCUT2D eigenvalue weighted by atomic mass is 16.5. The maximum atomic E-state index is 12.5. The van der Waals surface area contributed by atoms with Crippen LogP contribution >= 0.6 is 0 Å². The molecule has 1 aromatic heterocycles. The molecule has 0 spiro atoms. The standard InChI is InChI=1S/C19H26N4O3/c1-15-20-21-18(26-15)8-9-22-10-12-23(13-11-22)19(24)7-6-16-4-3-5-17(14-16)25-2/h3-5,14H,6-13H2,1-2H3. The van der Waals surface area contributed by atoms with E-state index in [1.165, 1.54) is 0 Å². The first-order valence-electron chi connectivity index (χ1n) is 9.06. The first-order chi connectivity index (χ1) is 12.6. The fourth-order valence-electron chi connectivity index (χ4n) is 3.15. The lowest BCUT2D eigenvalue weighted by molar-refractivity contribution is -0.132. The Morgan fingerprint density at radius 1 is 1.19 bits per heavy atom. The molecule has 0 saturated carbocycles. The Balaban J connectivity index is 1.39. The summed E-state index contributed by atoms with van der Waals surface area (Å²) in [6.07, 6.45) is 2.03. The highest BCUT2D eigenvalue weighted by molar-refractivity contribution is 5.76. The van der Waals surface area contributed by atoms with E-state index >= 15 is 0 Å². The van der Waals surface area contributed by atoms with Gasteiger partial charge in [0.25, 0.3) is 0 Å². The summed E-state index contributed by atoms with van der Waals surface area (Å²) in [6.45, 7) is 6.01. The van der Waals surface area contributed by atoms with Gasteiger partial charge in [0.2, 0.25) is 17.7 Å². The minimum Gasteiger partial charge on any atom is -0.497 e. The Kier molecular flexibility index (Phi) is 6.22. The molecule has 140 valence electrons. The van der Waals surface area contributed by atoms with Gasteiger partial charge in [0.1, 0.15) is 5.75 Å². The van der Waals surface area contributed by atoms with Gasteiger partial charge in [-0.3, -0.25) is 9.69 Å². The number of hydrogen-bond donors (Lipinski definition) is 0. The van der Waals surface area contributed by atoms with Gasteiger partial charge < -0.3 is 14.1 Å². The molecule has 7 nitrogen and oxygen atoms in total. The van der Waals surface area contributed by atoms with Gasteiger partial charge in [-0.05, 0) is 24.1 Å². The fourth-order valence-corrected chi connectivity index (χ4v) is 3.15. The molecular weight excluding hydrogens is 332 g/mol. The molecule has 7 heteroatoms. The maximum Gasteiger partial charge on any atom is 0.222 e. The van der Waals surface area contributed by atoms with Crippen LogP contribution in [0.1, 0.15) is 23.8 Å². The highest BCUT2D eigenvalue weighted by Gasteiger charge is 2.21. The van der Waals surface area contributed by atoms with Crippen LogP contribution in [0.4, 0.5) is 0 Å². The van der Waals surface area contributed by atoms with Crippen molar-refractivity contribution in [3.8, 4) is 5.75 Å². The number of methoxy groups -OCH3 is 1. The van der Waals surface area contributed by atoms with Crippen LogP contribution in [0.5, 0.6) is 5.75 Å². The molecule has 0 unspecified atom stereocenters. The summed E-state index contributed by atoms with van der Waals surface area (Å²) >= 11 is 0. The summed E-state index contributed by atoms with van der Waals surface area (Å²) in [5.74, 6) is 2.34. The average molecular weight is 358 g/mol. The molecule has 0 radical (unpaired) electrons. The fraction of sp³-hybridized carbons (Fsp3) is 0.526. The van der Waals surface area contributed by atoms with Gasteiger partial charge >= 0.3 is 0 Å². The Morgan fingerprint density at radius 3 is 2.69 bits per heavy atom. The van der Waals surface area contributed by atoms with Gasteiger partial charge in [-0.1, -0.05) is 12.1 Å². The molecule has 2 aromatic rings. The molecule has 1 fully saturated rings. The van der Waals surface area contributed by atoms with E-state index in [1.807, 2.05) is 29.2 Å². The topological polar surface area (TPSA) is 71.7 Å². The van der Waals surface area contributed by atoms with Crippen LogP contribution in [0.2, 0.25) is 0 Å². The maximum absolute atomic E-state index is 12.5. The van der Waals surface area contributed by atoms with Crippen LogP contribution in [0.25, 0.3) is 0 Å². The number of aromatic nitrogens is 2. The van der Waals surface area contributed by atoms with Crippen LogP contribution < -0.4 is 4.74 Å². The Bertz CT molecular complexity index is 723. The Hall–Kier alpha value is -2.41. The number of carbonyl (C=O) groups is 1. The second-order valence-electron chi connectivity index (χ2n) is 6.54. The minimum absolute atomic E-state index is 0.222. The van der Waals surface area contributed by atoms with Gasteiger partial charge in [0, 0.05) is 52.5 Å². The van der Waals surface area contributed by atoms with Crippen molar-refractivity contribution < 1.29 is 13.9 Å². The molecule has 1 aromatic carbocycles. The van der Waals surface area contributed by atoms with Crippen molar-refractivity contribution in [2.45, 2.75) is 26.2 Å². The summed E-state index contributed by atoms with van der Waals surface area (Å²) in [7, 11) is 1.66. The summed E-state index contributed by atoms with van der Waals surface area (Å²) in [5, 5.41) is 7.87. The summed E-state index contributed by atoms with van der Waals surface area (Å²) in [4.78, 5) is 16.8. The third-order valence-electron chi connectivity index (χ3n) is 4.70. The number of hydrogen-bond acceptors (Lipinski definition) is 6. The summed E-state index contributed by atoms with van der Waals surface area (Å²) in [6, 6.07) is 7.90. The zero-order chi connectivity index (χ0) is 18.4. The second kappa shape index (κ2) is 8.80. The Labute approximate surface area is 153 Å². The van der Waals surface area contributed by atoms with E-state index in [4.69, 9.17) is 9.15 Å². The van der Waals surface area contributed by atoms with Crippen molar-refractivity contribution in [1.82, 2.24) is 20.0 Å². The van der Waals surface area contributed by atoms with Gasteiger partial charge in [0.05, 0.1) is 7.11 Å². The SMILES string of the molecule is COc1cccc(CCC(=O)N2CCN(CCc3nnc(C)o3)CC2)c1. The summed E-state index contributed by atoms with van der Waals surface area (Å²) in [5.41, 5.74) is 1.13. The van der Waals surface area contributed by atoms with Crippen molar-refractivity contribution in [2.75, 3.05) is 39.8 Å². The Morgan fingerprint density at radius 2 is 2.00 bits per heavy atom. The molecule has 0 N–H and O–H groups in total. The smallest absolute Gasteiger partial charge is 0.222 e. The number of aryl methyl sites for hydroxylation is 2. The van der Waals surface area contributed by atoms with Gasteiger partial charge in [-0.2, -0.15) is 0 Å². The zero-order valence-electron chi connectivity index (χ0n) is 15.5. The monoisotopic (exact) mass is 358 g/mol. The molecule has 1 aliphatic heterocycles. The zero-order valence-corrected chi connectivity index (χ0v) is 15.5. The van der Waals surface area contributed by atoms with Crippen molar-refractivity contribution in [3.63, 3.8) is 0 Å². The van der Waals surface area contributed by atoms with Crippen molar-refractivity contribution in [2.24, 2.45) is 0 Å². The van der Waals surface area contributed by atoms with Crippen molar-refractivity contribution in [3.05, 3.63) is 41.6 Å². The van der Waals surface area contributed by atoms with E-state index in [9.17, 15) is 4.79 Å². The quantitative estimate of drug-likeness (QED) is 0.750. The van der Waals surface area contributed by atoms with Gasteiger partial charge in [-0.15, -0.1) is 10.2 Å². The lowest BCUT2D eigenvalue weighted by atomic mass is 10.1. The number of carbonyl (C=O) groups excluding carboxylic acids is 1. The van der Waals surface area contributed by atoms with Crippen molar-refractivity contribution in [1.29, 1.82) is 0 Å². The van der Waals surface area contributed by atoms with Gasteiger partial charge in [0.15, 0.2) is 0 Å². The highest BCUT2D eigenvalue weighted by Crippen LogP contribution is 2.15. The van der Waals surface area contributed by atoms with Gasteiger partial charge in [-0.25, -0.2) is 0 Å². The number of nitrogens with zero attached hydrogens (tertiary/aromatic N) is 4. The third-order valence-corrected chi connectivity index (χ3v) is 4.70. The first kappa shape index (κ1) is 18.4. The molecule has 1 amide bonds. The minimum atomic E-state index is 0.222. The molecular formula is C19H26N4O3.